The minimum atomic E-state index is -1.57. The van der Waals surface area contributed by atoms with Gasteiger partial charge in [0.2, 0.25) is 11.7 Å². The van der Waals surface area contributed by atoms with Gasteiger partial charge in [0.15, 0.2) is 10.8 Å². The van der Waals surface area contributed by atoms with Crippen LogP contribution in [0.15, 0.2) is 29.3 Å². The first-order chi connectivity index (χ1) is 12.5. The monoisotopic (exact) mass is 350 g/mol. The van der Waals surface area contributed by atoms with E-state index < -0.39 is 34.5 Å². The lowest BCUT2D eigenvalue weighted by atomic mass is 9.48. The fourth-order valence-electron chi connectivity index (χ4n) is 5.30. The van der Waals surface area contributed by atoms with Crippen molar-refractivity contribution in [2.45, 2.75) is 37.6 Å². The second-order valence-corrected chi connectivity index (χ2v) is 7.37. The van der Waals surface area contributed by atoms with Crippen LogP contribution in [0.2, 0.25) is 0 Å². The fourth-order valence-corrected chi connectivity index (χ4v) is 5.30. The molecule has 4 heterocycles. The number of fused-ring (bicyclic) bond motifs is 1. The first-order valence-corrected chi connectivity index (χ1v) is 8.67. The molecule has 1 spiro atoms. The van der Waals surface area contributed by atoms with E-state index in [1.807, 2.05) is 0 Å². The van der Waals surface area contributed by atoms with Crippen LogP contribution < -0.4 is 0 Å². The molecular formula is C19H15FN4O2. The number of hydrogen-bond acceptors (Lipinski definition) is 5. The molecule has 1 N–H and O–H groups in total. The van der Waals surface area contributed by atoms with Crippen LogP contribution in [-0.2, 0) is 9.47 Å². The summed E-state index contributed by atoms with van der Waals surface area (Å²) in [5.74, 6) is -2.05. The molecule has 4 bridgehead atoms. The number of aliphatic imine (C=N–C) groups is 1. The van der Waals surface area contributed by atoms with E-state index in [4.69, 9.17) is 14.9 Å². The quantitative estimate of drug-likeness (QED) is 0.840. The van der Waals surface area contributed by atoms with Gasteiger partial charge in [0.05, 0.1) is 18.1 Å². The number of nitriles is 2. The van der Waals surface area contributed by atoms with E-state index in [-0.39, 0.29) is 11.7 Å². The summed E-state index contributed by atoms with van der Waals surface area (Å²) in [6, 6.07) is 10.3. The van der Waals surface area contributed by atoms with E-state index >= 15 is 0 Å². The van der Waals surface area contributed by atoms with Crippen LogP contribution in [0, 0.1) is 50.6 Å². The third-order valence-corrected chi connectivity index (χ3v) is 6.35. The van der Waals surface area contributed by atoms with Crippen molar-refractivity contribution >= 4 is 11.7 Å². The van der Waals surface area contributed by atoms with Crippen molar-refractivity contribution in [1.29, 1.82) is 15.9 Å². The Labute approximate surface area is 149 Å². The Kier molecular flexibility index (Phi) is 2.79. The van der Waals surface area contributed by atoms with Crippen molar-refractivity contribution in [3.8, 4) is 12.1 Å². The molecule has 1 saturated carbocycles. The number of benzene rings is 1. The molecule has 6 nitrogen and oxygen atoms in total. The highest BCUT2D eigenvalue weighted by Crippen LogP contribution is 2.72. The average molecular weight is 350 g/mol. The zero-order chi connectivity index (χ0) is 18.2. The zero-order valence-corrected chi connectivity index (χ0v) is 13.8. The number of halogens is 1. The highest BCUT2D eigenvalue weighted by Gasteiger charge is 2.83. The number of rotatable bonds is 1. The van der Waals surface area contributed by atoms with Gasteiger partial charge in [0.25, 0.3) is 0 Å². The van der Waals surface area contributed by atoms with Gasteiger partial charge >= 0.3 is 0 Å². The summed E-state index contributed by atoms with van der Waals surface area (Å²) < 4.78 is 26.3. The number of nitrogens with zero attached hydrogens (tertiary/aromatic N) is 3. The first-order valence-electron chi connectivity index (χ1n) is 8.67. The van der Waals surface area contributed by atoms with E-state index in [0.717, 1.165) is 12.8 Å². The summed E-state index contributed by atoms with van der Waals surface area (Å²) in [5.41, 5.74) is -2.55. The maximum Gasteiger partial charge on any atom is 0.218 e. The summed E-state index contributed by atoms with van der Waals surface area (Å²) in [4.78, 5) is 4.20. The summed E-state index contributed by atoms with van der Waals surface area (Å²) in [7, 11) is 0. The largest absolute Gasteiger partial charge is 0.447 e. The number of ether oxygens (including phenoxy) is 2. The molecule has 6 rings (SSSR count). The molecule has 1 aliphatic carbocycles. The molecule has 130 valence electrons. The summed E-state index contributed by atoms with van der Waals surface area (Å²) in [6.07, 6.45) is 2.00. The van der Waals surface area contributed by atoms with E-state index in [1.165, 1.54) is 12.1 Å². The van der Waals surface area contributed by atoms with Crippen molar-refractivity contribution in [1.82, 2.24) is 0 Å². The highest BCUT2D eigenvalue weighted by atomic mass is 19.1. The van der Waals surface area contributed by atoms with Crippen molar-refractivity contribution in [3.63, 3.8) is 0 Å². The molecular weight excluding hydrogens is 335 g/mol. The van der Waals surface area contributed by atoms with Gasteiger partial charge in [-0.05, 0) is 30.5 Å². The third-order valence-electron chi connectivity index (χ3n) is 6.35. The van der Waals surface area contributed by atoms with Crippen LogP contribution in [0.25, 0.3) is 0 Å². The lowest BCUT2D eigenvalue weighted by molar-refractivity contribution is -0.355. The van der Waals surface area contributed by atoms with Gasteiger partial charge in [-0.3, -0.25) is 5.41 Å². The van der Waals surface area contributed by atoms with Crippen molar-refractivity contribution in [2.24, 2.45) is 21.7 Å². The molecule has 1 aromatic rings. The Morgan fingerprint density at radius 2 is 2.04 bits per heavy atom. The van der Waals surface area contributed by atoms with E-state index in [1.54, 1.807) is 12.1 Å². The fraction of sp³-hybridized carbons (Fsp3) is 0.474. The molecule has 4 aliphatic heterocycles. The number of nitrogens with one attached hydrogen (secondary N) is 1. The summed E-state index contributed by atoms with van der Waals surface area (Å²) in [5, 5.41) is 28.9. The normalized spacial score (nSPS) is 42.3. The average Bonchev–Trinajstić information content (AvgIpc) is 2.84. The molecule has 0 radical (unpaired) electrons. The molecule has 0 amide bonds. The van der Waals surface area contributed by atoms with Crippen LogP contribution in [0.5, 0.6) is 0 Å². The SMILES string of the molecule is N#C[C@@]12C3=NC(=N)[C@@]1(C#N)[C@H]1CCCC[C@@]1(O3)O[C@@H]2c1cccc(F)c1. The smallest absolute Gasteiger partial charge is 0.218 e. The molecule has 3 saturated heterocycles. The molecule has 0 aromatic heterocycles. The Balaban J connectivity index is 1.82. The Hall–Kier alpha value is -2.77. The predicted octanol–water partition coefficient (Wildman–Crippen LogP) is 3.22. The first kappa shape index (κ1) is 15.5. The van der Waals surface area contributed by atoms with Crippen LogP contribution in [-0.4, -0.2) is 17.5 Å². The van der Waals surface area contributed by atoms with Gasteiger partial charge in [0.1, 0.15) is 17.8 Å². The standard InChI is InChI=1S/C19H15FN4O2/c20-12-5-3-4-11(8-12)14-18(10-22)16-24-15(23)17(18,9-21)13-6-1-2-7-19(13,25-14)26-16/h3-5,8,13-14,23H,1-2,6-7H2/t13-,14-,17-,18-,19+/m1/s1. The maximum absolute atomic E-state index is 13.9. The highest BCUT2D eigenvalue weighted by molar-refractivity contribution is 6.12. The van der Waals surface area contributed by atoms with Crippen LogP contribution in [0.1, 0.15) is 37.4 Å². The lowest BCUT2D eigenvalue weighted by Gasteiger charge is -2.63. The molecule has 4 fully saturated rings. The van der Waals surface area contributed by atoms with E-state index in [9.17, 15) is 14.9 Å². The van der Waals surface area contributed by atoms with Gasteiger partial charge in [0, 0.05) is 6.42 Å². The molecule has 7 heteroatoms. The lowest BCUT2D eigenvalue weighted by Crippen LogP contribution is -2.72. The molecule has 0 unspecified atom stereocenters. The molecule has 1 aromatic carbocycles. The van der Waals surface area contributed by atoms with E-state index in [2.05, 4.69) is 17.1 Å². The van der Waals surface area contributed by atoms with Gasteiger partial charge in [-0.25, -0.2) is 4.39 Å². The minimum absolute atomic E-state index is 0.0743. The predicted molar refractivity (Wildman–Crippen MR) is 87.3 cm³/mol. The van der Waals surface area contributed by atoms with Crippen LogP contribution >= 0.6 is 0 Å². The summed E-state index contributed by atoms with van der Waals surface area (Å²) in [6.45, 7) is 0. The molecule has 5 atom stereocenters. The second-order valence-electron chi connectivity index (χ2n) is 7.37. The summed E-state index contributed by atoms with van der Waals surface area (Å²) >= 11 is 0. The molecule has 26 heavy (non-hydrogen) atoms. The van der Waals surface area contributed by atoms with Gasteiger partial charge in [-0.15, -0.1) is 0 Å². The van der Waals surface area contributed by atoms with Gasteiger partial charge < -0.3 is 9.47 Å². The number of amidine groups is 1. The molecule has 5 aliphatic rings. The van der Waals surface area contributed by atoms with Crippen molar-refractivity contribution < 1.29 is 13.9 Å². The third kappa shape index (κ3) is 1.42. The van der Waals surface area contributed by atoms with Crippen LogP contribution in [0.3, 0.4) is 0 Å². The van der Waals surface area contributed by atoms with E-state index in [0.29, 0.717) is 18.4 Å². The zero-order valence-electron chi connectivity index (χ0n) is 13.8. The number of hydrogen-bond donors (Lipinski definition) is 1. The second kappa shape index (κ2) is 4.69. The van der Waals surface area contributed by atoms with Gasteiger partial charge in [-0.1, -0.05) is 18.6 Å². The maximum atomic E-state index is 13.9. The van der Waals surface area contributed by atoms with Crippen molar-refractivity contribution in [2.75, 3.05) is 0 Å². The Bertz CT molecular complexity index is 963. The van der Waals surface area contributed by atoms with Crippen molar-refractivity contribution in [3.05, 3.63) is 35.6 Å². The van der Waals surface area contributed by atoms with Gasteiger partial charge in [-0.2, -0.15) is 15.5 Å². The minimum Gasteiger partial charge on any atom is -0.447 e. The topological polar surface area (TPSA) is 102 Å². The van der Waals surface area contributed by atoms with Crippen LogP contribution in [0.4, 0.5) is 4.39 Å². The Morgan fingerprint density at radius 3 is 2.77 bits per heavy atom. The Morgan fingerprint density at radius 1 is 1.23 bits per heavy atom.